The molecule has 0 aromatic heterocycles. The second-order valence-corrected chi connectivity index (χ2v) is 6.20. The number of amides is 5. The molecule has 0 unspecified atom stereocenters. The molecule has 5 amide bonds. The molecule has 1 aliphatic rings. The number of benzene rings is 2. The normalized spacial score (nSPS) is 15.8. The molecule has 3 rings (SSSR count). The fourth-order valence-corrected chi connectivity index (χ4v) is 2.58. The van der Waals surface area contributed by atoms with Gasteiger partial charge >= 0.3 is 6.03 Å². The molecule has 7 heteroatoms. The molecule has 26 heavy (non-hydrogen) atoms. The molecule has 1 saturated heterocycles. The van der Waals surface area contributed by atoms with Gasteiger partial charge in [0.1, 0.15) is 5.41 Å². The Kier molecular flexibility index (Phi) is 4.53. The largest absolute Gasteiger partial charge is 0.350 e. The highest BCUT2D eigenvalue weighted by Crippen LogP contribution is 2.20. The number of rotatable bonds is 4. The molecule has 0 saturated carbocycles. The van der Waals surface area contributed by atoms with E-state index >= 15 is 0 Å². The smallest absolute Gasteiger partial charge is 0.328 e. The van der Waals surface area contributed by atoms with Crippen LogP contribution in [0.25, 0.3) is 11.1 Å². The van der Waals surface area contributed by atoms with Gasteiger partial charge in [-0.25, -0.2) is 4.79 Å². The highest BCUT2D eigenvalue weighted by atomic mass is 16.2. The molecule has 0 radical (unpaired) electrons. The van der Waals surface area contributed by atoms with E-state index in [9.17, 15) is 19.2 Å². The Labute approximate surface area is 149 Å². The minimum absolute atomic E-state index is 0.225. The highest BCUT2D eigenvalue weighted by Gasteiger charge is 2.46. The maximum Gasteiger partial charge on any atom is 0.328 e. The SMILES string of the molecule is CC1(CNC(=O)c2ccc(-c3ccccc3)cc2)C(=O)NC(=O)NC1=O. The van der Waals surface area contributed by atoms with Gasteiger partial charge in [-0.3, -0.25) is 25.0 Å². The van der Waals surface area contributed by atoms with Gasteiger partial charge in [0.05, 0.1) is 0 Å². The zero-order valence-corrected chi connectivity index (χ0v) is 14.0. The van der Waals surface area contributed by atoms with Gasteiger partial charge in [-0.2, -0.15) is 0 Å². The van der Waals surface area contributed by atoms with E-state index < -0.39 is 29.2 Å². The highest BCUT2D eigenvalue weighted by molar-refractivity contribution is 6.19. The van der Waals surface area contributed by atoms with Crippen molar-refractivity contribution in [3.8, 4) is 11.1 Å². The summed E-state index contributed by atoms with van der Waals surface area (Å²) in [5.74, 6) is -1.90. The average molecular weight is 351 g/mol. The zero-order valence-electron chi connectivity index (χ0n) is 14.0. The van der Waals surface area contributed by atoms with Crippen LogP contribution >= 0.6 is 0 Å². The first-order chi connectivity index (χ1) is 12.4. The number of urea groups is 1. The van der Waals surface area contributed by atoms with E-state index in [4.69, 9.17) is 0 Å². The van der Waals surface area contributed by atoms with Gasteiger partial charge in [-0.1, -0.05) is 42.5 Å². The predicted molar refractivity (Wildman–Crippen MR) is 94.0 cm³/mol. The van der Waals surface area contributed by atoms with Gasteiger partial charge in [0.15, 0.2) is 0 Å². The van der Waals surface area contributed by atoms with Gasteiger partial charge < -0.3 is 5.32 Å². The third kappa shape index (κ3) is 3.32. The molecule has 132 valence electrons. The topological polar surface area (TPSA) is 104 Å². The predicted octanol–water partition coefficient (Wildman–Crippen LogP) is 1.46. The Balaban J connectivity index is 1.68. The third-order valence-corrected chi connectivity index (χ3v) is 4.31. The van der Waals surface area contributed by atoms with Crippen LogP contribution in [-0.2, 0) is 9.59 Å². The molecule has 2 aromatic carbocycles. The molecule has 7 nitrogen and oxygen atoms in total. The van der Waals surface area contributed by atoms with Crippen molar-refractivity contribution in [3.05, 3.63) is 60.2 Å². The van der Waals surface area contributed by atoms with E-state index in [0.29, 0.717) is 5.56 Å². The van der Waals surface area contributed by atoms with E-state index in [0.717, 1.165) is 11.1 Å². The van der Waals surface area contributed by atoms with Crippen LogP contribution in [0.15, 0.2) is 54.6 Å². The van der Waals surface area contributed by atoms with Crippen molar-refractivity contribution in [3.63, 3.8) is 0 Å². The Hall–Kier alpha value is -3.48. The number of hydrogen-bond acceptors (Lipinski definition) is 4. The summed E-state index contributed by atoms with van der Waals surface area (Å²) in [4.78, 5) is 47.3. The molecule has 0 aliphatic carbocycles. The van der Waals surface area contributed by atoms with Crippen LogP contribution in [0.1, 0.15) is 17.3 Å². The van der Waals surface area contributed by atoms with Crippen LogP contribution in [-0.4, -0.2) is 30.3 Å². The van der Waals surface area contributed by atoms with Gasteiger partial charge in [0.2, 0.25) is 11.8 Å². The fraction of sp³-hybridized carbons (Fsp3) is 0.158. The van der Waals surface area contributed by atoms with Crippen LogP contribution < -0.4 is 16.0 Å². The Morgan fingerprint density at radius 2 is 1.42 bits per heavy atom. The number of carbonyl (C=O) groups excluding carboxylic acids is 4. The molecular formula is C19H17N3O4. The van der Waals surface area contributed by atoms with Crippen molar-refractivity contribution in [2.75, 3.05) is 6.54 Å². The molecule has 0 atom stereocenters. The summed E-state index contributed by atoms with van der Waals surface area (Å²) in [6.45, 7) is 1.14. The van der Waals surface area contributed by atoms with Gasteiger partial charge in [-0.15, -0.1) is 0 Å². The average Bonchev–Trinajstić information content (AvgIpc) is 2.65. The fourth-order valence-electron chi connectivity index (χ4n) is 2.58. The summed E-state index contributed by atoms with van der Waals surface area (Å²) in [6, 6.07) is 15.9. The van der Waals surface area contributed by atoms with Crippen LogP contribution in [0.5, 0.6) is 0 Å². The summed E-state index contributed by atoms with van der Waals surface area (Å²) in [5, 5.41) is 6.63. The minimum Gasteiger partial charge on any atom is -0.350 e. The van der Waals surface area contributed by atoms with E-state index in [1.165, 1.54) is 6.92 Å². The number of barbiturate groups is 1. The second-order valence-electron chi connectivity index (χ2n) is 6.20. The Bertz CT molecular complexity index is 855. The van der Waals surface area contributed by atoms with Crippen LogP contribution in [0.3, 0.4) is 0 Å². The molecule has 0 spiro atoms. The lowest BCUT2D eigenvalue weighted by Gasteiger charge is -2.30. The summed E-state index contributed by atoms with van der Waals surface area (Å²) in [5.41, 5.74) is 0.861. The quantitative estimate of drug-likeness (QED) is 0.725. The van der Waals surface area contributed by atoms with Crippen LogP contribution in [0.4, 0.5) is 4.79 Å². The summed E-state index contributed by atoms with van der Waals surface area (Å²) in [6.07, 6.45) is 0. The number of nitrogens with one attached hydrogen (secondary N) is 3. The summed E-state index contributed by atoms with van der Waals surface area (Å²) >= 11 is 0. The number of hydrogen-bond donors (Lipinski definition) is 3. The summed E-state index contributed by atoms with van der Waals surface area (Å²) < 4.78 is 0. The second kappa shape index (κ2) is 6.79. The number of carbonyl (C=O) groups is 4. The Morgan fingerprint density at radius 1 is 0.885 bits per heavy atom. The van der Waals surface area contributed by atoms with Crippen LogP contribution in [0, 0.1) is 5.41 Å². The maximum atomic E-state index is 12.3. The molecule has 2 aromatic rings. The summed E-state index contributed by atoms with van der Waals surface area (Å²) in [7, 11) is 0. The van der Waals surface area contributed by atoms with E-state index in [-0.39, 0.29) is 6.54 Å². The number of imide groups is 2. The lowest BCUT2D eigenvalue weighted by molar-refractivity contribution is -0.142. The van der Waals surface area contributed by atoms with Gasteiger partial charge in [0, 0.05) is 12.1 Å². The lowest BCUT2D eigenvalue weighted by Crippen LogP contribution is -2.64. The van der Waals surface area contributed by atoms with E-state index in [2.05, 4.69) is 5.32 Å². The first-order valence-electron chi connectivity index (χ1n) is 8.01. The third-order valence-electron chi connectivity index (χ3n) is 4.31. The molecule has 1 fully saturated rings. The van der Waals surface area contributed by atoms with Crippen molar-refractivity contribution >= 4 is 23.8 Å². The van der Waals surface area contributed by atoms with Crippen molar-refractivity contribution in [2.24, 2.45) is 5.41 Å². The first-order valence-corrected chi connectivity index (χ1v) is 8.01. The van der Waals surface area contributed by atoms with Crippen molar-refractivity contribution in [1.29, 1.82) is 0 Å². The minimum atomic E-state index is -1.55. The molecule has 1 heterocycles. The van der Waals surface area contributed by atoms with Gasteiger partial charge in [-0.05, 0) is 30.2 Å². The molecule has 1 aliphatic heterocycles. The van der Waals surface area contributed by atoms with Crippen LogP contribution in [0.2, 0.25) is 0 Å². The zero-order chi connectivity index (χ0) is 18.7. The first kappa shape index (κ1) is 17.3. The molecule has 3 N–H and O–H groups in total. The van der Waals surface area contributed by atoms with Gasteiger partial charge in [0.25, 0.3) is 5.91 Å². The van der Waals surface area contributed by atoms with Crippen molar-refractivity contribution < 1.29 is 19.2 Å². The van der Waals surface area contributed by atoms with E-state index in [1.807, 2.05) is 53.1 Å². The molecule has 0 bridgehead atoms. The standard InChI is InChI=1S/C19H17N3O4/c1-19(16(24)21-18(26)22-17(19)25)11-20-15(23)14-9-7-13(8-10-14)12-5-3-2-4-6-12/h2-10H,11H2,1H3,(H,20,23)(H2,21,22,24,25,26). The monoisotopic (exact) mass is 351 g/mol. The van der Waals surface area contributed by atoms with Crippen molar-refractivity contribution in [1.82, 2.24) is 16.0 Å². The molecular weight excluding hydrogens is 334 g/mol. The van der Waals surface area contributed by atoms with E-state index in [1.54, 1.807) is 12.1 Å². The van der Waals surface area contributed by atoms with Crippen molar-refractivity contribution in [2.45, 2.75) is 6.92 Å². The Morgan fingerprint density at radius 3 is 2.00 bits per heavy atom. The maximum absolute atomic E-state index is 12.3. The lowest BCUT2D eigenvalue weighted by atomic mass is 9.86.